The highest BCUT2D eigenvalue weighted by atomic mass is 35.5. The first-order chi connectivity index (χ1) is 14.3. The third-order valence-corrected chi connectivity index (χ3v) is 6.79. The molecule has 1 N–H and O–H groups in total. The minimum Gasteiger partial charge on any atom is -0.325 e. The van der Waals surface area contributed by atoms with Crippen molar-refractivity contribution >= 4 is 44.8 Å². The smallest absolute Gasteiger partial charge is 0.243 e. The summed E-state index contributed by atoms with van der Waals surface area (Å²) >= 11 is 12.2. The maximum Gasteiger partial charge on any atom is 0.243 e. The number of aryl methyl sites for hydroxylation is 1. The summed E-state index contributed by atoms with van der Waals surface area (Å²) in [4.78, 5) is 12.7. The summed E-state index contributed by atoms with van der Waals surface area (Å²) < 4.78 is 27.7. The van der Waals surface area contributed by atoms with Crippen molar-refractivity contribution in [2.45, 2.75) is 18.4 Å². The average molecular weight is 463 g/mol. The summed E-state index contributed by atoms with van der Waals surface area (Å²) in [5.74, 6) is -0.457. The van der Waals surface area contributed by atoms with Crippen LogP contribution < -0.4 is 5.32 Å². The van der Waals surface area contributed by atoms with E-state index in [1.54, 1.807) is 54.6 Å². The van der Waals surface area contributed by atoms with Crippen LogP contribution in [-0.4, -0.2) is 25.2 Å². The second kappa shape index (κ2) is 9.62. The number of benzene rings is 3. The van der Waals surface area contributed by atoms with Gasteiger partial charge in [0.1, 0.15) is 0 Å². The molecule has 0 fully saturated rings. The summed E-state index contributed by atoms with van der Waals surface area (Å²) in [5.41, 5.74) is 2.06. The molecule has 0 saturated carbocycles. The molecule has 0 bridgehead atoms. The Morgan fingerprint density at radius 2 is 1.63 bits per heavy atom. The molecule has 8 heteroatoms. The minimum absolute atomic E-state index is 0.0750. The number of rotatable bonds is 7. The average Bonchev–Trinajstić information content (AvgIpc) is 2.70. The van der Waals surface area contributed by atoms with Crippen molar-refractivity contribution < 1.29 is 13.2 Å². The third-order valence-electron chi connectivity index (χ3n) is 4.40. The first-order valence-electron chi connectivity index (χ1n) is 9.11. The van der Waals surface area contributed by atoms with Crippen molar-refractivity contribution in [3.63, 3.8) is 0 Å². The first kappa shape index (κ1) is 22.3. The van der Waals surface area contributed by atoms with E-state index in [9.17, 15) is 13.2 Å². The Morgan fingerprint density at radius 3 is 2.27 bits per heavy atom. The second-order valence-electron chi connectivity index (χ2n) is 6.74. The number of amides is 1. The van der Waals surface area contributed by atoms with Crippen molar-refractivity contribution in [3.8, 4) is 0 Å². The van der Waals surface area contributed by atoms with Crippen molar-refractivity contribution in [3.05, 3.63) is 94.0 Å². The van der Waals surface area contributed by atoms with Gasteiger partial charge < -0.3 is 5.32 Å². The zero-order valence-corrected chi connectivity index (χ0v) is 18.5. The van der Waals surface area contributed by atoms with E-state index in [-0.39, 0.29) is 18.0 Å². The Kier molecular flexibility index (Phi) is 7.15. The maximum absolute atomic E-state index is 13.3. The molecule has 0 unspecified atom stereocenters. The van der Waals surface area contributed by atoms with E-state index in [1.165, 1.54) is 12.1 Å². The molecule has 0 aliphatic rings. The number of hydrogen-bond acceptors (Lipinski definition) is 3. The van der Waals surface area contributed by atoms with Crippen molar-refractivity contribution in [2.24, 2.45) is 0 Å². The van der Waals surface area contributed by atoms with E-state index in [4.69, 9.17) is 23.2 Å². The van der Waals surface area contributed by atoms with Crippen LogP contribution in [0.4, 0.5) is 5.69 Å². The molecule has 3 rings (SSSR count). The van der Waals surface area contributed by atoms with Crippen LogP contribution in [0.15, 0.2) is 77.7 Å². The zero-order valence-electron chi connectivity index (χ0n) is 16.2. The van der Waals surface area contributed by atoms with Gasteiger partial charge in [0.25, 0.3) is 0 Å². The summed E-state index contributed by atoms with van der Waals surface area (Å²) in [7, 11) is -3.95. The molecule has 1 amide bonds. The van der Waals surface area contributed by atoms with Gasteiger partial charge in [-0.05, 0) is 48.9 Å². The normalized spacial score (nSPS) is 11.5. The number of halogens is 2. The Hall–Kier alpha value is -2.38. The van der Waals surface area contributed by atoms with E-state index in [0.29, 0.717) is 21.3 Å². The van der Waals surface area contributed by atoms with E-state index in [1.807, 2.05) is 13.0 Å². The van der Waals surface area contributed by atoms with Gasteiger partial charge in [-0.1, -0.05) is 65.2 Å². The standard InChI is InChI=1S/C22H20Cl2N2O3S/c1-16-7-11-20(12-8-16)30(28,29)26(14-17-9-10-18(23)13-21(17)24)15-22(27)25-19-5-3-2-4-6-19/h2-13H,14-15H2,1H3,(H,25,27). The molecule has 30 heavy (non-hydrogen) atoms. The topological polar surface area (TPSA) is 66.5 Å². The molecule has 156 valence electrons. The molecule has 0 aliphatic heterocycles. The number of carbonyl (C=O) groups excluding carboxylic acids is 1. The lowest BCUT2D eigenvalue weighted by Crippen LogP contribution is -2.37. The molecule has 0 aliphatic carbocycles. The number of sulfonamides is 1. The van der Waals surface area contributed by atoms with Crippen LogP contribution in [0.2, 0.25) is 10.0 Å². The van der Waals surface area contributed by atoms with Crippen LogP contribution in [0.25, 0.3) is 0 Å². The highest BCUT2D eigenvalue weighted by molar-refractivity contribution is 7.89. The Labute approximate surface area is 186 Å². The lowest BCUT2D eigenvalue weighted by atomic mass is 10.2. The number of nitrogens with one attached hydrogen (secondary N) is 1. The molecular weight excluding hydrogens is 443 g/mol. The van der Waals surface area contributed by atoms with E-state index < -0.39 is 15.9 Å². The molecule has 0 aromatic heterocycles. The number of hydrogen-bond donors (Lipinski definition) is 1. The molecule has 0 radical (unpaired) electrons. The first-order valence-corrected chi connectivity index (χ1v) is 11.3. The van der Waals surface area contributed by atoms with Crippen LogP contribution >= 0.6 is 23.2 Å². The highest BCUT2D eigenvalue weighted by Crippen LogP contribution is 2.25. The predicted octanol–water partition coefficient (Wildman–Crippen LogP) is 5.13. The number of nitrogens with zero attached hydrogens (tertiary/aromatic N) is 1. The number of para-hydroxylation sites is 1. The lowest BCUT2D eigenvalue weighted by molar-refractivity contribution is -0.116. The molecule has 5 nitrogen and oxygen atoms in total. The molecule has 3 aromatic rings. The number of anilines is 1. The molecule has 3 aromatic carbocycles. The predicted molar refractivity (Wildman–Crippen MR) is 120 cm³/mol. The van der Waals surface area contributed by atoms with Gasteiger partial charge in [-0.3, -0.25) is 4.79 Å². The molecular formula is C22H20Cl2N2O3S. The van der Waals surface area contributed by atoms with Gasteiger partial charge in [-0.25, -0.2) is 8.42 Å². The van der Waals surface area contributed by atoms with Crippen molar-refractivity contribution in [2.75, 3.05) is 11.9 Å². The van der Waals surface area contributed by atoms with Crippen LogP contribution in [-0.2, 0) is 21.4 Å². The zero-order chi connectivity index (χ0) is 21.7. The largest absolute Gasteiger partial charge is 0.325 e. The quantitative estimate of drug-likeness (QED) is 0.528. The summed E-state index contributed by atoms with van der Waals surface area (Å²) in [5, 5.41) is 3.49. The third kappa shape index (κ3) is 5.61. The number of carbonyl (C=O) groups is 1. The summed E-state index contributed by atoms with van der Waals surface area (Å²) in [6, 6.07) is 20.1. The van der Waals surface area contributed by atoms with Gasteiger partial charge >= 0.3 is 0 Å². The lowest BCUT2D eigenvalue weighted by Gasteiger charge is -2.22. The van der Waals surface area contributed by atoms with Crippen molar-refractivity contribution in [1.82, 2.24) is 4.31 Å². The van der Waals surface area contributed by atoms with Crippen LogP contribution in [0.5, 0.6) is 0 Å². The monoisotopic (exact) mass is 462 g/mol. The van der Waals surface area contributed by atoms with Gasteiger partial charge in [0.2, 0.25) is 15.9 Å². The van der Waals surface area contributed by atoms with E-state index in [2.05, 4.69) is 5.32 Å². The van der Waals surface area contributed by atoms with Crippen LogP contribution in [0, 0.1) is 6.92 Å². The molecule has 0 saturated heterocycles. The van der Waals surface area contributed by atoms with Gasteiger partial charge in [-0.2, -0.15) is 4.31 Å². The highest BCUT2D eigenvalue weighted by Gasteiger charge is 2.27. The molecule has 0 heterocycles. The Balaban J connectivity index is 1.91. The second-order valence-corrected chi connectivity index (χ2v) is 9.52. The molecule has 0 spiro atoms. The fraction of sp³-hybridized carbons (Fsp3) is 0.136. The summed E-state index contributed by atoms with van der Waals surface area (Å²) in [6.45, 7) is 1.42. The van der Waals surface area contributed by atoms with Crippen LogP contribution in [0.1, 0.15) is 11.1 Å². The van der Waals surface area contributed by atoms with Crippen LogP contribution in [0.3, 0.4) is 0 Å². The fourth-order valence-electron chi connectivity index (χ4n) is 2.81. The van der Waals surface area contributed by atoms with Gasteiger partial charge in [0.05, 0.1) is 11.4 Å². The van der Waals surface area contributed by atoms with E-state index >= 15 is 0 Å². The van der Waals surface area contributed by atoms with Gasteiger partial charge in [-0.15, -0.1) is 0 Å². The molecule has 0 atom stereocenters. The van der Waals surface area contributed by atoms with Gasteiger partial charge in [0, 0.05) is 22.3 Å². The van der Waals surface area contributed by atoms with Crippen molar-refractivity contribution in [1.29, 1.82) is 0 Å². The summed E-state index contributed by atoms with van der Waals surface area (Å²) in [6.07, 6.45) is 0. The maximum atomic E-state index is 13.3. The SMILES string of the molecule is Cc1ccc(S(=O)(=O)N(CC(=O)Nc2ccccc2)Cc2ccc(Cl)cc2Cl)cc1. The Bertz CT molecular complexity index is 1130. The van der Waals surface area contributed by atoms with Gasteiger partial charge in [0.15, 0.2) is 0 Å². The minimum atomic E-state index is -3.95. The fourth-order valence-corrected chi connectivity index (χ4v) is 4.65. The van der Waals surface area contributed by atoms with E-state index in [0.717, 1.165) is 9.87 Å². The Morgan fingerprint density at radius 1 is 0.967 bits per heavy atom.